The number of fused-ring (bicyclic) bond motifs is 1. The van der Waals surface area contributed by atoms with E-state index in [2.05, 4.69) is 5.16 Å². The van der Waals surface area contributed by atoms with Crippen molar-refractivity contribution >= 4 is 27.4 Å². The van der Waals surface area contributed by atoms with Gasteiger partial charge in [0, 0.05) is 6.07 Å². The monoisotopic (exact) mass is 234 g/mol. The molecule has 0 unspecified atom stereocenters. The van der Waals surface area contributed by atoms with Gasteiger partial charge in [0.05, 0.1) is 10.3 Å². The van der Waals surface area contributed by atoms with Gasteiger partial charge in [-0.15, -0.1) is 0 Å². The van der Waals surface area contributed by atoms with Crippen LogP contribution in [0.2, 0.25) is 0 Å². The van der Waals surface area contributed by atoms with Gasteiger partial charge in [-0.1, -0.05) is 22.6 Å². The maximum Gasteiger partial charge on any atom is 0.396 e. The molecule has 0 saturated heterocycles. The largest absolute Gasteiger partial charge is 0.413 e. The SMILES string of the molecule is Nc1cc(-c2cccc3sc(=O)oc23)on1. The second kappa shape index (κ2) is 3.21. The van der Waals surface area contributed by atoms with Gasteiger partial charge < -0.3 is 14.7 Å². The first-order valence-electron chi connectivity index (χ1n) is 4.49. The first-order chi connectivity index (χ1) is 7.74. The van der Waals surface area contributed by atoms with E-state index in [0.29, 0.717) is 22.7 Å². The molecule has 0 saturated carbocycles. The molecule has 80 valence electrons. The number of nitrogens with two attached hydrogens (primary N) is 1. The number of anilines is 1. The van der Waals surface area contributed by atoms with E-state index in [4.69, 9.17) is 14.7 Å². The van der Waals surface area contributed by atoms with Crippen molar-refractivity contribution < 1.29 is 8.94 Å². The fourth-order valence-corrected chi connectivity index (χ4v) is 2.20. The smallest absolute Gasteiger partial charge is 0.396 e. The molecule has 3 rings (SSSR count). The highest BCUT2D eigenvalue weighted by atomic mass is 32.1. The van der Waals surface area contributed by atoms with E-state index in [-0.39, 0.29) is 4.94 Å². The van der Waals surface area contributed by atoms with E-state index in [1.165, 1.54) is 0 Å². The molecular weight excluding hydrogens is 228 g/mol. The highest BCUT2D eigenvalue weighted by Gasteiger charge is 2.12. The maximum absolute atomic E-state index is 11.2. The zero-order valence-electron chi connectivity index (χ0n) is 7.97. The van der Waals surface area contributed by atoms with Crippen molar-refractivity contribution in [2.75, 3.05) is 5.73 Å². The summed E-state index contributed by atoms with van der Waals surface area (Å²) in [5, 5.41) is 3.59. The molecule has 5 nitrogen and oxygen atoms in total. The molecule has 0 radical (unpaired) electrons. The summed E-state index contributed by atoms with van der Waals surface area (Å²) in [7, 11) is 0. The Kier molecular flexibility index (Phi) is 1.84. The van der Waals surface area contributed by atoms with Crippen molar-refractivity contribution in [3.05, 3.63) is 34.0 Å². The van der Waals surface area contributed by atoms with Crippen molar-refractivity contribution in [2.24, 2.45) is 0 Å². The Morgan fingerprint density at radius 2 is 2.25 bits per heavy atom. The van der Waals surface area contributed by atoms with Gasteiger partial charge in [0.1, 0.15) is 0 Å². The normalized spacial score (nSPS) is 11.0. The summed E-state index contributed by atoms with van der Waals surface area (Å²) in [5.74, 6) is 0.786. The van der Waals surface area contributed by atoms with E-state index in [0.717, 1.165) is 16.0 Å². The standard InChI is InChI=1S/C10H6N2O3S/c11-8-4-6(15-12-8)5-2-1-3-7-9(5)14-10(13)16-7/h1-4H,(H2,11,12). The lowest BCUT2D eigenvalue weighted by Gasteiger charge is -1.94. The molecule has 2 N–H and O–H groups in total. The summed E-state index contributed by atoms with van der Waals surface area (Å²) in [5.41, 5.74) is 6.66. The molecule has 16 heavy (non-hydrogen) atoms. The molecule has 0 amide bonds. The minimum Gasteiger partial charge on any atom is -0.413 e. The average Bonchev–Trinajstić information content (AvgIpc) is 2.82. The second-order valence-electron chi connectivity index (χ2n) is 3.20. The summed E-state index contributed by atoms with van der Waals surface area (Å²) in [6.45, 7) is 0. The number of hydrogen-bond donors (Lipinski definition) is 1. The number of rotatable bonds is 1. The fraction of sp³-hybridized carbons (Fsp3) is 0. The van der Waals surface area contributed by atoms with Crippen LogP contribution in [-0.4, -0.2) is 5.16 Å². The van der Waals surface area contributed by atoms with Crippen molar-refractivity contribution in [3.8, 4) is 11.3 Å². The molecule has 0 spiro atoms. The zero-order valence-corrected chi connectivity index (χ0v) is 8.78. The number of benzene rings is 1. The molecule has 0 aliphatic heterocycles. The van der Waals surface area contributed by atoms with Gasteiger partial charge in [-0.25, -0.2) is 4.79 Å². The average molecular weight is 234 g/mol. The van der Waals surface area contributed by atoms with Crippen LogP contribution in [0.5, 0.6) is 0 Å². The Balaban J connectivity index is 2.34. The molecule has 0 bridgehead atoms. The van der Waals surface area contributed by atoms with Gasteiger partial charge >= 0.3 is 4.94 Å². The van der Waals surface area contributed by atoms with Gasteiger partial charge in [-0.05, 0) is 12.1 Å². The minimum absolute atomic E-state index is 0.296. The third-order valence-corrected chi connectivity index (χ3v) is 2.94. The highest BCUT2D eigenvalue weighted by molar-refractivity contribution is 7.16. The van der Waals surface area contributed by atoms with Crippen LogP contribution in [0, 0.1) is 0 Å². The van der Waals surface area contributed by atoms with Crippen LogP contribution in [-0.2, 0) is 0 Å². The van der Waals surface area contributed by atoms with Gasteiger partial charge in [-0.2, -0.15) is 0 Å². The lowest BCUT2D eigenvalue weighted by Crippen LogP contribution is -1.81. The topological polar surface area (TPSA) is 82.3 Å². The third kappa shape index (κ3) is 1.31. The quantitative estimate of drug-likeness (QED) is 0.697. The van der Waals surface area contributed by atoms with Crippen LogP contribution >= 0.6 is 11.3 Å². The van der Waals surface area contributed by atoms with Crippen LogP contribution in [0.25, 0.3) is 21.6 Å². The Morgan fingerprint density at radius 3 is 3.00 bits per heavy atom. The lowest BCUT2D eigenvalue weighted by molar-refractivity contribution is 0.435. The van der Waals surface area contributed by atoms with E-state index in [9.17, 15) is 4.79 Å². The second-order valence-corrected chi connectivity index (χ2v) is 4.18. The Morgan fingerprint density at radius 1 is 1.38 bits per heavy atom. The van der Waals surface area contributed by atoms with Gasteiger partial charge in [0.25, 0.3) is 0 Å². The summed E-state index contributed by atoms with van der Waals surface area (Å²) in [4.78, 5) is 10.8. The zero-order chi connectivity index (χ0) is 11.1. The van der Waals surface area contributed by atoms with E-state index in [1.54, 1.807) is 12.1 Å². The molecule has 6 heteroatoms. The fourth-order valence-electron chi connectivity index (χ4n) is 1.51. The Hall–Kier alpha value is -2.08. The lowest BCUT2D eigenvalue weighted by atomic mass is 10.1. The Bertz CT molecular complexity index is 710. The molecule has 3 aromatic rings. The number of nitrogen functional groups attached to an aromatic ring is 1. The summed E-state index contributed by atoms with van der Waals surface area (Å²) < 4.78 is 10.9. The Labute approximate surface area is 93.1 Å². The number of nitrogens with zero attached hydrogens (tertiary/aromatic N) is 1. The van der Waals surface area contributed by atoms with Crippen molar-refractivity contribution in [2.45, 2.75) is 0 Å². The van der Waals surface area contributed by atoms with E-state index in [1.807, 2.05) is 12.1 Å². The van der Waals surface area contributed by atoms with Crippen molar-refractivity contribution in [1.82, 2.24) is 5.16 Å². The first-order valence-corrected chi connectivity index (χ1v) is 5.31. The summed E-state index contributed by atoms with van der Waals surface area (Å²) in [6.07, 6.45) is 0. The molecule has 1 aromatic carbocycles. The van der Waals surface area contributed by atoms with Crippen LogP contribution in [0.1, 0.15) is 0 Å². The first kappa shape index (κ1) is 9.17. The van der Waals surface area contributed by atoms with Crippen molar-refractivity contribution in [3.63, 3.8) is 0 Å². The van der Waals surface area contributed by atoms with Crippen LogP contribution < -0.4 is 10.7 Å². The molecule has 0 aliphatic rings. The van der Waals surface area contributed by atoms with Gasteiger partial charge in [-0.3, -0.25) is 0 Å². The molecule has 0 atom stereocenters. The predicted octanol–water partition coefficient (Wildman–Crippen LogP) is 2.09. The van der Waals surface area contributed by atoms with Gasteiger partial charge in [0.15, 0.2) is 17.2 Å². The third-order valence-electron chi connectivity index (χ3n) is 2.15. The predicted molar refractivity (Wildman–Crippen MR) is 60.3 cm³/mol. The molecule has 0 aliphatic carbocycles. The summed E-state index contributed by atoms with van der Waals surface area (Å²) in [6, 6.07) is 7.01. The van der Waals surface area contributed by atoms with Crippen LogP contribution in [0.4, 0.5) is 5.82 Å². The van der Waals surface area contributed by atoms with Crippen LogP contribution in [0.3, 0.4) is 0 Å². The maximum atomic E-state index is 11.2. The molecule has 2 aromatic heterocycles. The van der Waals surface area contributed by atoms with E-state index < -0.39 is 0 Å². The summed E-state index contributed by atoms with van der Waals surface area (Å²) >= 11 is 1.05. The van der Waals surface area contributed by atoms with Crippen LogP contribution in [0.15, 0.2) is 38.0 Å². The van der Waals surface area contributed by atoms with E-state index >= 15 is 0 Å². The molecule has 2 heterocycles. The number of hydrogen-bond acceptors (Lipinski definition) is 6. The number of para-hydroxylation sites is 1. The highest BCUT2D eigenvalue weighted by Crippen LogP contribution is 2.30. The molecular formula is C10H6N2O3S. The minimum atomic E-state index is -0.338. The number of aromatic nitrogens is 1. The molecule has 0 fully saturated rings. The van der Waals surface area contributed by atoms with Gasteiger partial charge in [0.2, 0.25) is 0 Å². The van der Waals surface area contributed by atoms with Crippen molar-refractivity contribution in [1.29, 1.82) is 0 Å².